The van der Waals surface area contributed by atoms with Crippen LogP contribution in [0.2, 0.25) is 0 Å². The largest absolute Gasteiger partial charge is 0.507 e. The number of nitrogens with one attached hydrogen (secondary N) is 1. The van der Waals surface area contributed by atoms with Crippen LogP contribution in [0, 0.1) is 0 Å². The highest BCUT2D eigenvalue weighted by atomic mass is 16.5. The van der Waals surface area contributed by atoms with Gasteiger partial charge in [0.1, 0.15) is 17.1 Å². The fraction of sp³-hybridized carbons (Fsp3) is 0.222. The number of para-hydroxylation sites is 1. The van der Waals surface area contributed by atoms with Crippen molar-refractivity contribution in [1.82, 2.24) is 0 Å². The van der Waals surface area contributed by atoms with Gasteiger partial charge in [-0.15, -0.1) is 0 Å². The van der Waals surface area contributed by atoms with Crippen molar-refractivity contribution in [3.63, 3.8) is 0 Å². The van der Waals surface area contributed by atoms with E-state index in [-0.39, 0.29) is 23.8 Å². The van der Waals surface area contributed by atoms with Gasteiger partial charge >= 0.3 is 5.97 Å². The number of carbonyl (C=O) groups is 2. The number of esters is 1. The van der Waals surface area contributed by atoms with Crippen LogP contribution in [0.4, 0.5) is 5.69 Å². The molecule has 2 aromatic rings. The van der Waals surface area contributed by atoms with Crippen LogP contribution in [0.15, 0.2) is 42.5 Å². The van der Waals surface area contributed by atoms with E-state index in [0.29, 0.717) is 23.6 Å². The number of anilines is 1. The monoisotopic (exact) mass is 329 g/mol. The summed E-state index contributed by atoms with van der Waals surface area (Å²) in [6.07, 6.45) is 0. The molecule has 2 N–H and O–H groups in total. The minimum Gasteiger partial charge on any atom is -0.507 e. The first kappa shape index (κ1) is 17.3. The topological polar surface area (TPSA) is 84.9 Å². The molecule has 6 heteroatoms. The van der Waals surface area contributed by atoms with Crippen LogP contribution < -0.4 is 10.1 Å². The number of hydrogen-bond acceptors (Lipinski definition) is 5. The van der Waals surface area contributed by atoms with E-state index >= 15 is 0 Å². The number of phenols is 1. The van der Waals surface area contributed by atoms with Crippen LogP contribution in [-0.4, -0.2) is 30.2 Å². The summed E-state index contributed by atoms with van der Waals surface area (Å²) in [6, 6.07) is 11.1. The van der Waals surface area contributed by atoms with Gasteiger partial charge in [0, 0.05) is 5.69 Å². The zero-order valence-corrected chi connectivity index (χ0v) is 13.5. The van der Waals surface area contributed by atoms with Gasteiger partial charge in [-0.2, -0.15) is 0 Å². The third kappa shape index (κ3) is 4.04. The Hall–Kier alpha value is -3.02. The molecule has 2 rings (SSSR count). The molecule has 0 spiro atoms. The molecule has 0 heterocycles. The predicted molar refractivity (Wildman–Crippen MR) is 89.6 cm³/mol. The molecule has 0 aliphatic heterocycles. The standard InChI is InChI=1S/C18H19NO5/c1-3-23-16-8-6-5-7-13(16)17(21)19-12-9-10-15(20)14(11-12)18(22)24-4-2/h5-11,20H,3-4H2,1-2H3,(H,19,21). The molecular formula is C18H19NO5. The van der Waals surface area contributed by atoms with Gasteiger partial charge in [-0.3, -0.25) is 4.79 Å². The van der Waals surface area contributed by atoms with E-state index in [2.05, 4.69) is 5.32 Å². The number of carbonyl (C=O) groups excluding carboxylic acids is 2. The molecular weight excluding hydrogens is 310 g/mol. The van der Waals surface area contributed by atoms with Crippen molar-refractivity contribution >= 4 is 17.6 Å². The first-order valence-electron chi connectivity index (χ1n) is 7.60. The molecule has 0 unspecified atom stereocenters. The van der Waals surface area contributed by atoms with E-state index in [4.69, 9.17) is 9.47 Å². The van der Waals surface area contributed by atoms with Crippen LogP contribution in [0.1, 0.15) is 34.6 Å². The number of benzene rings is 2. The van der Waals surface area contributed by atoms with E-state index in [1.165, 1.54) is 18.2 Å². The van der Waals surface area contributed by atoms with Crippen LogP contribution in [0.25, 0.3) is 0 Å². The molecule has 0 bridgehead atoms. The first-order valence-corrected chi connectivity index (χ1v) is 7.60. The summed E-state index contributed by atoms with van der Waals surface area (Å²) in [5.74, 6) is -0.761. The van der Waals surface area contributed by atoms with E-state index in [9.17, 15) is 14.7 Å². The Balaban J connectivity index is 2.24. The summed E-state index contributed by atoms with van der Waals surface area (Å²) in [5, 5.41) is 12.4. The molecule has 0 saturated heterocycles. The van der Waals surface area contributed by atoms with Gasteiger partial charge in [0.15, 0.2) is 0 Å². The Bertz CT molecular complexity index is 742. The van der Waals surface area contributed by atoms with Gasteiger partial charge in [0.2, 0.25) is 0 Å². The SMILES string of the molecule is CCOC(=O)c1cc(NC(=O)c2ccccc2OCC)ccc1O. The smallest absolute Gasteiger partial charge is 0.341 e. The Morgan fingerprint density at radius 3 is 2.50 bits per heavy atom. The van der Waals surface area contributed by atoms with E-state index in [1.54, 1.807) is 31.2 Å². The Morgan fingerprint density at radius 2 is 1.79 bits per heavy atom. The quantitative estimate of drug-likeness (QED) is 0.628. The van der Waals surface area contributed by atoms with Crippen molar-refractivity contribution in [3.05, 3.63) is 53.6 Å². The lowest BCUT2D eigenvalue weighted by molar-refractivity contribution is 0.0523. The lowest BCUT2D eigenvalue weighted by Gasteiger charge is -2.11. The average molecular weight is 329 g/mol. The molecule has 0 radical (unpaired) electrons. The molecule has 0 fully saturated rings. The maximum absolute atomic E-state index is 12.4. The van der Waals surface area contributed by atoms with E-state index in [0.717, 1.165) is 0 Å². The number of amides is 1. The van der Waals surface area contributed by atoms with Crippen molar-refractivity contribution in [3.8, 4) is 11.5 Å². The molecule has 0 aliphatic carbocycles. The lowest BCUT2D eigenvalue weighted by atomic mass is 10.1. The Morgan fingerprint density at radius 1 is 1.04 bits per heavy atom. The highest BCUT2D eigenvalue weighted by molar-refractivity contribution is 6.06. The number of aromatic hydroxyl groups is 1. The lowest BCUT2D eigenvalue weighted by Crippen LogP contribution is -2.14. The molecule has 0 atom stereocenters. The molecule has 0 aliphatic rings. The van der Waals surface area contributed by atoms with Gasteiger partial charge in [0.25, 0.3) is 5.91 Å². The van der Waals surface area contributed by atoms with Gasteiger partial charge < -0.3 is 19.9 Å². The fourth-order valence-electron chi connectivity index (χ4n) is 2.12. The molecule has 1 amide bonds. The van der Waals surface area contributed by atoms with Crippen LogP contribution >= 0.6 is 0 Å². The van der Waals surface area contributed by atoms with Crippen molar-refractivity contribution in [2.75, 3.05) is 18.5 Å². The van der Waals surface area contributed by atoms with Gasteiger partial charge in [-0.25, -0.2) is 4.79 Å². The van der Waals surface area contributed by atoms with Crippen molar-refractivity contribution in [2.24, 2.45) is 0 Å². The Labute approximate surface area is 140 Å². The molecule has 126 valence electrons. The Kier molecular flexibility index (Phi) is 5.78. The first-order chi connectivity index (χ1) is 11.6. The predicted octanol–water partition coefficient (Wildman–Crippen LogP) is 3.22. The zero-order chi connectivity index (χ0) is 17.5. The third-order valence-corrected chi connectivity index (χ3v) is 3.18. The van der Waals surface area contributed by atoms with Crippen LogP contribution in [0.5, 0.6) is 11.5 Å². The minimum absolute atomic E-state index is 0.00672. The highest BCUT2D eigenvalue weighted by Crippen LogP contribution is 2.24. The second kappa shape index (κ2) is 8.01. The van der Waals surface area contributed by atoms with Crippen molar-refractivity contribution in [2.45, 2.75) is 13.8 Å². The zero-order valence-electron chi connectivity index (χ0n) is 13.5. The fourth-order valence-corrected chi connectivity index (χ4v) is 2.12. The summed E-state index contributed by atoms with van der Waals surface area (Å²) in [6.45, 7) is 4.14. The second-order valence-corrected chi connectivity index (χ2v) is 4.84. The van der Waals surface area contributed by atoms with Crippen LogP contribution in [-0.2, 0) is 4.74 Å². The summed E-state index contributed by atoms with van der Waals surface area (Å²) < 4.78 is 10.3. The number of ether oxygens (including phenoxy) is 2. The normalized spacial score (nSPS) is 10.1. The summed E-state index contributed by atoms with van der Waals surface area (Å²) in [4.78, 5) is 24.2. The van der Waals surface area contributed by atoms with Gasteiger partial charge in [0.05, 0.1) is 18.8 Å². The maximum atomic E-state index is 12.4. The number of phenolic OH excluding ortho intramolecular Hbond substituents is 1. The second-order valence-electron chi connectivity index (χ2n) is 4.84. The maximum Gasteiger partial charge on any atom is 0.341 e. The van der Waals surface area contributed by atoms with Gasteiger partial charge in [-0.1, -0.05) is 12.1 Å². The number of hydrogen-bond donors (Lipinski definition) is 2. The summed E-state index contributed by atoms with van der Waals surface area (Å²) in [5.41, 5.74) is 0.741. The number of rotatable bonds is 6. The molecule has 2 aromatic carbocycles. The molecule has 6 nitrogen and oxygen atoms in total. The highest BCUT2D eigenvalue weighted by Gasteiger charge is 2.16. The van der Waals surface area contributed by atoms with Gasteiger partial charge in [-0.05, 0) is 44.2 Å². The molecule has 24 heavy (non-hydrogen) atoms. The summed E-state index contributed by atoms with van der Waals surface area (Å²) in [7, 11) is 0. The van der Waals surface area contributed by atoms with E-state index < -0.39 is 5.97 Å². The summed E-state index contributed by atoms with van der Waals surface area (Å²) >= 11 is 0. The molecule has 0 aromatic heterocycles. The average Bonchev–Trinajstić information content (AvgIpc) is 2.57. The third-order valence-electron chi connectivity index (χ3n) is 3.18. The van der Waals surface area contributed by atoms with Crippen molar-refractivity contribution < 1.29 is 24.2 Å². The minimum atomic E-state index is -0.652. The van der Waals surface area contributed by atoms with Crippen molar-refractivity contribution in [1.29, 1.82) is 0 Å². The van der Waals surface area contributed by atoms with Crippen LogP contribution in [0.3, 0.4) is 0 Å². The molecule has 0 saturated carbocycles. The van der Waals surface area contributed by atoms with E-state index in [1.807, 2.05) is 6.92 Å².